The maximum absolute atomic E-state index is 13.7. The standard InChI is InChI=1S/C19H18F4N2O2.ClH/c20-14-4-5-15(11-2-1-3-13(6-11)19(21,22)23)16(7-14)18(27)25-9-12-8-24-10-17(12)26;/h1-7,12,17,24,26H,8-10H2,(H,25,27);1H. The number of β-amino-alcohol motifs (C(OH)–C–C–N with tert-alkyl or cyclic N) is 1. The molecule has 4 nitrogen and oxygen atoms in total. The van der Waals surface area contributed by atoms with Gasteiger partial charge in [0.2, 0.25) is 0 Å². The third-order valence-electron chi connectivity index (χ3n) is 4.56. The SMILES string of the molecule is Cl.O=C(NCC1CNCC1O)c1cc(F)ccc1-c1cccc(C(F)(F)F)c1. The summed E-state index contributed by atoms with van der Waals surface area (Å²) in [5.41, 5.74) is -0.548. The summed E-state index contributed by atoms with van der Waals surface area (Å²) in [4.78, 5) is 12.5. The molecule has 1 aliphatic heterocycles. The molecule has 0 saturated carbocycles. The zero-order valence-electron chi connectivity index (χ0n) is 14.6. The van der Waals surface area contributed by atoms with E-state index in [9.17, 15) is 27.5 Å². The van der Waals surface area contributed by atoms with E-state index in [1.807, 2.05) is 0 Å². The molecule has 0 spiro atoms. The van der Waals surface area contributed by atoms with Crippen LogP contribution in [-0.4, -0.2) is 36.8 Å². The fourth-order valence-electron chi connectivity index (χ4n) is 3.07. The minimum absolute atomic E-state index is 0. The minimum atomic E-state index is -4.52. The fourth-order valence-corrected chi connectivity index (χ4v) is 3.07. The Kier molecular flexibility index (Phi) is 7.03. The van der Waals surface area contributed by atoms with Crippen LogP contribution in [0.2, 0.25) is 0 Å². The lowest BCUT2D eigenvalue weighted by molar-refractivity contribution is -0.137. The van der Waals surface area contributed by atoms with Gasteiger partial charge in [-0.25, -0.2) is 4.39 Å². The lowest BCUT2D eigenvalue weighted by Crippen LogP contribution is -2.34. The van der Waals surface area contributed by atoms with Crippen molar-refractivity contribution in [3.8, 4) is 11.1 Å². The number of carbonyl (C=O) groups excluding carboxylic acids is 1. The molecule has 1 heterocycles. The maximum atomic E-state index is 13.7. The van der Waals surface area contributed by atoms with Gasteiger partial charge in [0.1, 0.15) is 5.82 Å². The molecule has 2 atom stereocenters. The molecule has 0 aromatic heterocycles. The van der Waals surface area contributed by atoms with Crippen LogP contribution in [0.25, 0.3) is 11.1 Å². The van der Waals surface area contributed by atoms with Crippen LogP contribution in [0.5, 0.6) is 0 Å². The van der Waals surface area contributed by atoms with Crippen LogP contribution in [0.1, 0.15) is 15.9 Å². The van der Waals surface area contributed by atoms with Crippen molar-refractivity contribution in [3.63, 3.8) is 0 Å². The first-order valence-electron chi connectivity index (χ1n) is 8.40. The van der Waals surface area contributed by atoms with Crippen molar-refractivity contribution in [2.45, 2.75) is 12.3 Å². The molecule has 28 heavy (non-hydrogen) atoms. The molecular formula is C19H19ClF4N2O2. The van der Waals surface area contributed by atoms with Gasteiger partial charge in [-0.05, 0) is 35.4 Å². The van der Waals surface area contributed by atoms with Crippen molar-refractivity contribution in [2.24, 2.45) is 5.92 Å². The number of rotatable bonds is 4. The first kappa shape index (κ1) is 22.1. The summed E-state index contributed by atoms with van der Waals surface area (Å²) in [5.74, 6) is -1.46. The van der Waals surface area contributed by atoms with Crippen molar-refractivity contribution >= 4 is 18.3 Å². The summed E-state index contributed by atoms with van der Waals surface area (Å²) in [6, 6.07) is 7.90. The van der Waals surface area contributed by atoms with E-state index in [0.717, 1.165) is 24.3 Å². The quantitative estimate of drug-likeness (QED) is 0.668. The Morgan fingerprint density at radius 1 is 1.18 bits per heavy atom. The lowest BCUT2D eigenvalue weighted by atomic mass is 9.97. The number of hydrogen-bond donors (Lipinski definition) is 3. The predicted molar refractivity (Wildman–Crippen MR) is 98.8 cm³/mol. The second-order valence-electron chi connectivity index (χ2n) is 6.46. The van der Waals surface area contributed by atoms with Crippen LogP contribution in [-0.2, 0) is 6.18 Å². The largest absolute Gasteiger partial charge is 0.416 e. The van der Waals surface area contributed by atoms with Crippen molar-refractivity contribution in [1.29, 1.82) is 0 Å². The highest BCUT2D eigenvalue weighted by atomic mass is 35.5. The average molecular weight is 419 g/mol. The maximum Gasteiger partial charge on any atom is 0.416 e. The van der Waals surface area contributed by atoms with Gasteiger partial charge < -0.3 is 15.7 Å². The number of alkyl halides is 3. The summed E-state index contributed by atoms with van der Waals surface area (Å²) in [6.45, 7) is 1.13. The van der Waals surface area contributed by atoms with E-state index in [-0.39, 0.29) is 41.6 Å². The van der Waals surface area contributed by atoms with E-state index in [2.05, 4.69) is 10.6 Å². The van der Waals surface area contributed by atoms with Crippen molar-refractivity contribution in [2.75, 3.05) is 19.6 Å². The van der Waals surface area contributed by atoms with Crippen molar-refractivity contribution in [1.82, 2.24) is 10.6 Å². The Morgan fingerprint density at radius 2 is 1.93 bits per heavy atom. The lowest BCUT2D eigenvalue weighted by Gasteiger charge is -2.16. The molecule has 3 rings (SSSR count). The minimum Gasteiger partial charge on any atom is -0.391 e. The topological polar surface area (TPSA) is 61.4 Å². The molecular weight excluding hydrogens is 400 g/mol. The van der Waals surface area contributed by atoms with Crippen LogP contribution >= 0.6 is 12.4 Å². The summed E-state index contributed by atoms with van der Waals surface area (Å²) >= 11 is 0. The molecule has 1 fully saturated rings. The molecule has 0 radical (unpaired) electrons. The number of amides is 1. The highest BCUT2D eigenvalue weighted by Crippen LogP contribution is 2.33. The van der Waals surface area contributed by atoms with E-state index in [0.29, 0.717) is 13.1 Å². The molecule has 3 N–H and O–H groups in total. The van der Waals surface area contributed by atoms with E-state index in [4.69, 9.17) is 0 Å². The Balaban J connectivity index is 0.00000280. The summed E-state index contributed by atoms with van der Waals surface area (Å²) < 4.78 is 52.6. The van der Waals surface area contributed by atoms with E-state index in [1.54, 1.807) is 0 Å². The number of aliphatic hydroxyl groups excluding tert-OH is 1. The van der Waals surface area contributed by atoms with Gasteiger partial charge in [0.05, 0.1) is 17.2 Å². The van der Waals surface area contributed by atoms with Crippen LogP contribution < -0.4 is 10.6 Å². The monoisotopic (exact) mass is 418 g/mol. The van der Waals surface area contributed by atoms with Gasteiger partial charge in [-0.2, -0.15) is 13.2 Å². The molecule has 0 aliphatic carbocycles. The van der Waals surface area contributed by atoms with Gasteiger partial charge >= 0.3 is 6.18 Å². The Bertz CT molecular complexity index is 845. The number of hydrogen-bond acceptors (Lipinski definition) is 3. The molecule has 152 valence electrons. The zero-order chi connectivity index (χ0) is 19.6. The highest BCUT2D eigenvalue weighted by molar-refractivity contribution is 6.01. The fraction of sp³-hybridized carbons (Fsp3) is 0.316. The first-order chi connectivity index (χ1) is 12.8. The number of nitrogens with one attached hydrogen (secondary N) is 2. The zero-order valence-corrected chi connectivity index (χ0v) is 15.4. The third-order valence-corrected chi connectivity index (χ3v) is 4.56. The molecule has 2 aromatic rings. The molecule has 0 bridgehead atoms. The van der Waals surface area contributed by atoms with Crippen LogP contribution in [0.3, 0.4) is 0 Å². The molecule has 1 aliphatic rings. The molecule has 1 saturated heterocycles. The highest BCUT2D eigenvalue weighted by Gasteiger charge is 2.31. The molecule has 9 heteroatoms. The number of carbonyl (C=O) groups is 1. The van der Waals surface area contributed by atoms with Gasteiger partial charge in [-0.1, -0.05) is 18.2 Å². The van der Waals surface area contributed by atoms with Crippen LogP contribution in [0.15, 0.2) is 42.5 Å². The molecule has 2 aromatic carbocycles. The first-order valence-corrected chi connectivity index (χ1v) is 8.40. The van der Waals surface area contributed by atoms with Crippen molar-refractivity contribution in [3.05, 3.63) is 59.4 Å². The summed E-state index contributed by atoms with van der Waals surface area (Å²) in [6.07, 6.45) is -5.12. The second kappa shape index (κ2) is 8.89. The number of halogens is 5. The van der Waals surface area contributed by atoms with Gasteiger partial charge in [-0.3, -0.25) is 4.79 Å². The molecule has 1 amide bonds. The van der Waals surface area contributed by atoms with Gasteiger partial charge in [0.15, 0.2) is 0 Å². The van der Waals surface area contributed by atoms with E-state index in [1.165, 1.54) is 18.2 Å². The van der Waals surface area contributed by atoms with Crippen molar-refractivity contribution < 1.29 is 27.5 Å². The van der Waals surface area contributed by atoms with E-state index < -0.39 is 29.6 Å². The summed E-state index contributed by atoms with van der Waals surface area (Å²) in [7, 11) is 0. The smallest absolute Gasteiger partial charge is 0.391 e. The van der Waals surface area contributed by atoms with Crippen LogP contribution in [0, 0.1) is 11.7 Å². The normalized spacial score (nSPS) is 19.2. The molecule has 2 unspecified atom stereocenters. The van der Waals surface area contributed by atoms with Gasteiger partial charge in [0.25, 0.3) is 5.91 Å². The van der Waals surface area contributed by atoms with Gasteiger partial charge in [0, 0.05) is 25.6 Å². The van der Waals surface area contributed by atoms with Crippen LogP contribution in [0.4, 0.5) is 17.6 Å². The Hall–Kier alpha value is -2.16. The number of benzene rings is 2. The van der Waals surface area contributed by atoms with E-state index >= 15 is 0 Å². The summed E-state index contributed by atoms with van der Waals surface area (Å²) in [5, 5.41) is 15.4. The third kappa shape index (κ3) is 5.01. The average Bonchev–Trinajstić information content (AvgIpc) is 3.04. The predicted octanol–water partition coefficient (Wildman–Crippen LogP) is 3.24. The van der Waals surface area contributed by atoms with Gasteiger partial charge in [-0.15, -0.1) is 12.4 Å². The Labute approximate surface area is 165 Å². The number of aliphatic hydroxyl groups is 1. The second-order valence-corrected chi connectivity index (χ2v) is 6.46. The Morgan fingerprint density at radius 3 is 2.57 bits per heavy atom.